The van der Waals surface area contributed by atoms with Crippen molar-refractivity contribution in [3.8, 4) is 0 Å². The number of aryl methyl sites for hydroxylation is 1. The summed E-state index contributed by atoms with van der Waals surface area (Å²) in [6.07, 6.45) is -3.61. The summed E-state index contributed by atoms with van der Waals surface area (Å²) in [5.41, 5.74) is 0.515. The molecule has 0 aliphatic rings. The lowest BCUT2D eigenvalue weighted by Crippen LogP contribution is -2.14. The number of alkyl halides is 3. The minimum atomic E-state index is -4.52. The largest absolute Gasteiger partial charge is 0.433 e. The first-order valence-corrected chi connectivity index (χ1v) is 6.67. The minimum Gasteiger partial charge on any atom is -0.322 e. The Labute approximate surface area is 127 Å². The highest BCUT2D eigenvalue weighted by Crippen LogP contribution is 2.27. The second kappa shape index (κ2) is 5.85. The van der Waals surface area contributed by atoms with Crippen LogP contribution in [-0.2, 0) is 6.18 Å². The molecule has 0 radical (unpaired) electrons. The van der Waals surface area contributed by atoms with Gasteiger partial charge in [0.1, 0.15) is 5.69 Å². The van der Waals surface area contributed by atoms with E-state index in [4.69, 9.17) is 0 Å². The third-order valence-corrected chi connectivity index (χ3v) is 3.62. The van der Waals surface area contributed by atoms with Gasteiger partial charge in [-0.15, -0.1) is 0 Å². The van der Waals surface area contributed by atoms with E-state index in [2.05, 4.69) is 26.2 Å². The molecule has 1 aromatic carbocycles. The fourth-order valence-electron chi connectivity index (χ4n) is 1.62. The molecule has 1 heterocycles. The van der Waals surface area contributed by atoms with E-state index in [-0.39, 0.29) is 5.56 Å². The average molecular weight is 359 g/mol. The van der Waals surface area contributed by atoms with Crippen LogP contribution in [0.4, 0.5) is 18.9 Å². The predicted molar refractivity (Wildman–Crippen MR) is 76.1 cm³/mol. The Balaban J connectivity index is 2.15. The first kappa shape index (κ1) is 15.5. The van der Waals surface area contributed by atoms with Gasteiger partial charge in [-0.3, -0.25) is 9.78 Å². The highest BCUT2D eigenvalue weighted by molar-refractivity contribution is 9.10. The first-order valence-electron chi connectivity index (χ1n) is 5.88. The van der Waals surface area contributed by atoms with Gasteiger partial charge in [0.15, 0.2) is 0 Å². The number of carbonyl (C=O) groups is 1. The fourth-order valence-corrected chi connectivity index (χ4v) is 1.87. The molecular weight excluding hydrogens is 349 g/mol. The number of nitrogens with zero attached hydrogens (tertiary/aromatic N) is 1. The number of halogens is 4. The Morgan fingerprint density at radius 1 is 1.24 bits per heavy atom. The quantitative estimate of drug-likeness (QED) is 0.862. The molecular formula is C14H10BrF3N2O. The molecule has 110 valence electrons. The van der Waals surface area contributed by atoms with Crippen molar-refractivity contribution in [1.82, 2.24) is 4.98 Å². The molecule has 21 heavy (non-hydrogen) atoms. The molecule has 7 heteroatoms. The van der Waals surface area contributed by atoms with Crippen LogP contribution in [0.25, 0.3) is 0 Å². The molecule has 0 bridgehead atoms. The van der Waals surface area contributed by atoms with E-state index in [1.807, 2.05) is 6.92 Å². The molecule has 0 saturated heterocycles. The molecule has 1 N–H and O–H groups in total. The molecule has 0 unspecified atom stereocenters. The van der Waals surface area contributed by atoms with Crippen molar-refractivity contribution < 1.29 is 18.0 Å². The van der Waals surface area contributed by atoms with Gasteiger partial charge >= 0.3 is 6.18 Å². The van der Waals surface area contributed by atoms with Gasteiger partial charge in [-0.25, -0.2) is 0 Å². The average Bonchev–Trinajstić information content (AvgIpc) is 2.42. The van der Waals surface area contributed by atoms with Gasteiger partial charge in [0, 0.05) is 16.4 Å². The maximum absolute atomic E-state index is 12.4. The highest BCUT2D eigenvalue weighted by atomic mass is 79.9. The van der Waals surface area contributed by atoms with E-state index in [0.29, 0.717) is 5.69 Å². The third kappa shape index (κ3) is 3.81. The topological polar surface area (TPSA) is 42.0 Å². The SMILES string of the molecule is Cc1cc(NC(=O)c2ccc(C(F)(F)F)nc2)ccc1Br. The van der Waals surface area contributed by atoms with Crippen LogP contribution in [-0.4, -0.2) is 10.9 Å². The van der Waals surface area contributed by atoms with E-state index < -0.39 is 17.8 Å². The highest BCUT2D eigenvalue weighted by Gasteiger charge is 2.32. The summed E-state index contributed by atoms with van der Waals surface area (Å²) in [5.74, 6) is -0.516. The van der Waals surface area contributed by atoms with Gasteiger partial charge < -0.3 is 5.32 Å². The second-order valence-electron chi connectivity index (χ2n) is 4.35. The minimum absolute atomic E-state index is 0.0589. The van der Waals surface area contributed by atoms with Gasteiger partial charge in [-0.1, -0.05) is 15.9 Å². The van der Waals surface area contributed by atoms with Gasteiger partial charge in [0.2, 0.25) is 0 Å². The normalized spacial score (nSPS) is 11.3. The number of hydrogen-bond acceptors (Lipinski definition) is 2. The van der Waals surface area contributed by atoms with Crippen LogP contribution in [0.1, 0.15) is 21.6 Å². The molecule has 3 nitrogen and oxygen atoms in total. The second-order valence-corrected chi connectivity index (χ2v) is 5.20. The number of pyridine rings is 1. The molecule has 2 aromatic rings. The smallest absolute Gasteiger partial charge is 0.322 e. The number of hydrogen-bond donors (Lipinski definition) is 1. The molecule has 0 aliphatic carbocycles. The van der Waals surface area contributed by atoms with Crippen LogP contribution in [0.15, 0.2) is 41.0 Å². The van der Waals surface area contributed by atoms with Gasteiger partial charge in [0.05, 0.1) is 5.56 Å². The number of amides is 1. The summed E-state index contributed by atoms with van der Waals surface area (Å²) in [4.78, 5) is 15.2. The first-order chi connectivity index (χ1) is 9.77. The van der Waals surface area contributed by atoms with E-state index in [0.717, 1.165) is 28.4 Å². The zero-order valence-electron chi connectivity index (χ0n) is 10.8. The summed E-state index contributed by atoms with van der Waals surface area (Å²) in [5, 5.41) is 2.60. The molecule has 0 aliphatic heterocycles. The molecule has 1 aromatic heterocycles. The molecule has 0 atom stereocenters. The molecule has 0 fully saturated rings. The van der Waals surface area contributed by atoms with Crippen molar-refractivity contribution in [2.24, 2.45) is 0 Å². The Morgan fingerprint density at radius 3 is 2.48 bits per heavy atom. The fraction of sp³-hybridized carbons (Fsp3) is 0.143. The van der Waals surface area contributed by atoms with E-state index in [1.165, 1.54) is 0 Å². The van der Waals surface area contributed by atoms with Crippen molar-refractivity contribution in [3.05, 3.63) is 57.8 Å². The third-order valence-electron chi connectivity index (χ3n) is 2.73. The summed E-state index contributed by atoms with van der Waals surface area (Å²) < 4.78 is 38.0. The lowest BCUT2D eigenvalue weighted by atomic mass is 10.2. The van der Waals surface area contributed by atoms with Crippen LogP contribution in [0.2, 0.25) is 0 Å². The monoisotopic (exact) mass is 358 g/mol. The summed E-state index contributed by atoms with van der Waals surface area (Å²) in [7, 11) is 0. The van der Waals surface area contributed by atoms with E-state index >= 15 is 0 Å². The maximum Gasteiger partial charge on any atom is 0.433 e. The number of carbonyl (C=O) groups excluding carboxylic acids is 1. The van der Waals surface area contributed by atoms with Crippen molar-refractivity contribution >= 4 is 27.5 Å². The van der Waals surface area contributed by atoms with Crippen LogP contribution in [0, 0.1) is 6.92 Å². The zero-order valence-corrected chi connectivity index (χ0v) is 12.4. The van der Waals surface area contributed by atoms with Crippen molar-refractivity contribution in [2.75, 3.05) is 5.32 Å². The molecule has 0 spiro atoms. The van der Waals surface area contributed by atoms with E-state index in [9.17, 15) is 18.0 Å². The lowest BCUT2D eigenvalue weighted by Gasteiger charge is -2.08. The molecule has 1 amide bonds. The number of anilines is 1. The summed E-state index contributed by atoms with van der Waals surface area (Å²) >= 11 is 3.34. The van der Waals surface area contributed by atoms with Crippen LogP contribution >= 0.6 is 15.9 Å². The van der Waals surface area contributed by atoms with Crippen LogP contribution < -0.4 is 5.32 Å². The predicted octanol–water partition coefficient (Wildman–Crippen LogP) is 4.42. The maximum atomic E-state index is 12.4. The Morgan fingerprint density at radius 2 is 1.95 bits per heavy atom. The lowest BCUT2D eigenvalue weighted by molar-refractivity contribution is -0.141. The number of benzene rings is 1. The van der Waals surface area contributed by atoms with Crippen molar-refractivity contribution in [1.29, 1.82) is 0 Å². The van der Waals surface area contributed by atoms with Gasteiger partial charge in [-0.2, -0.15) is 13.2 Å². The Kier molecular flexibility index (Phi) is 4.32. The van der Waals surface area contributed by atoms with Crippen LogP contribution in [0.3, 0.4) is 0 Å². The zero-order chi connectivity index (χ0) is 15.6. The summed E-state index contributed by atoms with van der Waals surface area (Å²) in [6, 6.07) is 7.08. The number of rotatable bonds is 2. The van der Waals surface area contributed by atoms with Crippen molar-refractivity contribution in [2.45, 2.75) is 13.1 Å². The molecule has 2 rings (SSSR count). The van der Waals surface area contributed by atoms with Crippen LogP contribution in [0.5, 0.6) is 0 Å². The van der Waals surface area contributed by atoms with E-state index in [1.54, 1.807) is 18.2 Å². The number of nitrogens with one attached hydrogen (secondary N) is 1. The standard InChI is InChI=1S/C14H10BrF3N2O/c1-8-6-10(3-4-11(8)15)20-13(21)9-2-5-12(19-7-9)14(16,17)18/h2-7H,1H3,(H,20,21). The van der Waals surface area contributed by atoms with Gasteiger partial charge in [0.25, 0.3) is 5.91 Å². The Bertz CT molecular complexity index is 669. The summed E-state index contributed by atoms with van der Waals surface area (Å²) in [6.45, 7) is 1.86. The van der Waals surface area contributed by atoms with Gasteiger partial charge in [-0.05, 0) is 42.8 Å². The number of aromatic nitrogens is 1. The molecule has 0 saturated carbocycles. The van der Waals surface area contributed by atoms with Crippen molar-refractivity contribution in [3.63, 3.8) is 0 Å². The Hall–Kier alpha value is -1.89.